The average Bonchev–Trinajstić information content (AvgIpc) is 2.76. The maximum absolute atomic E-state index is 12.1. The Kier molecular flexibility index (Phi) is 10.1. The summed E-state index contributed by atoms with van der Waals surface area (Å²) in [6.07, 6.45) is 1.41. The van der Waals surface area contributed by atoms with E-state index in [2.05, 4.69) is 32.1 Å². The van der Waals surface area contributed by atoms with Crippen LogP contribution in [-0.2, 0) is 20.7 Å². The number of hydrogen-bond acceptors (Lipinski definition) is 5. The molecule has 2 aromatic rings. The first-order chi connectivity index (χ1) is 14.8. The van der Waals surface area contributed by atoms with Gasteiger partial charge in [-0.05, 0) is 55.2 Å². The third-order valence-electron chi connectivity index (χ3n) is 4.25. The number of nitrogens with one attached hydrogen (secondary N) is 3. The quantitative estimate of drug-likeness (QED) is 0.220. The van der Waals surface area contributed by atoms with Gasteiger partial charge in [-0.2, -0.15) is 0 Å². The highest BCUT2D eigenvalue weighted by Crippen LogP contribution is 2.17. The van der Waals surface area contributed by atoms with Gasteiger partial charge in [0, 0.05) is 16.5 Å². The van der Waals surface area contributed by atoms with E-state index in [0.717, 1.165) is 16.5 Å². The fraction of sp³-hybridized carbons (Fsp3) is 0.273. The third kappa shape index (κ3) is 9.27. The number of halogens is 1. The third-order valence-corrected chi connectivity index (χ3v) is 5.31. The Morgan fingerprint density at radius 2 is 1.77 bits per heavy atom. The summed E-state index contributed by atoms with van der Waals surface area (Å²) in [5.41, 5.74) is 7.47. The van der Waals surface area contributed by atoms with Crippen molar-refractivity contribution in [3.63, 3.8) is 0 Å². The van der Waals surface area contributed by atoms with Gasteiger partial charge < -0.3 is 10.1 Å². The Morgan fingerprint density at radius 3 is 2.48 bits per heavy atom. The molecule has 2 rings (SSSR count). The molecule has 0 atom stereocenters. The molecular formula is C22H24BrN3O4S. The van der Waals surface area contributed by atoms with Crippen LogP contribution in [0.5, 0.6) is 0 Å². The predicted molar refractivity (Wildman–Crippen MR) is 125 cm³/mol. The fourth-order valence-corrected chi connectivity index (χ4v) is 3.08. The van der Waals surface area contributed by atoms with Gasteiger partial charge in [0.2, 0.25) is 5.91 Å². The van der Waals surface area contributed by atoms with Crippen molar-refractivity contribution in [1.29, 1.82) is 0 Å². The lowest BCUT2D eigenvalue weighted by atomic mass is 10.1. The smallest absolute Gasteiger partial charge is 0.306 e. The Labute approximate surface area is 195 Å². The van der Waals surface area contributed by atoms with Crippen LogP contribution in [0, 0.1) is 6.92 Å². The highest BCUT2D eigenvalue weighted by atomic mass is 79.9. The van der Waals surface area contributed by atoms with Gasteiger partial charge in [-0.3, -0.25) is 25.2 Å². The number of benzene rings is 2. The summed E-state index contributed by atoms with van der Waals surface area (Å²) < 4.78 is 5.95. The molecule has 0 spiro atoms. The van der Waals surface area contributed by atoms with Crippen LogP contribution in [0.4, 0.5) is 0 Å². The SMILES string of the molecule is Cc1ccc(C(=O)NNC(=S)NC(=O)CCC(=O)OCCCc2ccccc2)cc1Br. The molecule has 0 saturated carbocycles. The van der Waals surface area contributed by atoms with E-state index in [-0.39, 0.29) is 18.0 Å². The predicted octanol–water partition coefficient (Wildman–Crippen LogP) is 3.35. The second kappa shape index (κ2) is 12.8. The summed E-state index contributed by atoms with van der Waals surface area (Å²) in [7, 11) is 0. The molecule has 0 aliphatic heterocycles. The number of thiocarbonyl (C=S) groups is 1. The fourth-order valence-electron chi connectivity index (χ4n) is 2.53. The van der Waals surface area contributed by atoms with Gasteiger partial charge >= 0.3 is 5.97 Å². The topological polar surface area (TPSA) is 96.5 Å². The molecule has 0 saturated heterocycles. The van der Waals surface area contributed by atoms with Crippen molar-refractivity contribution < 1.29 is 19.1 Å². The van der Waals surface area contributed by atoms with Crippen LogP contribution in [0.1, 0.15) is 40.7 Å². The maximum atomic E-state index is 12.1. The molecule has 0 heterocycles. The Hall–Kier alpha value is -2.78. The number of amides is 2. The highest BCUT2D eigenvalue weighted by molar-refractivity contribution is 9.10. The number of aryl methyl sites for hydroxylation is 2. The van der Waals surface area contributed by atoms with Gasteiger partial charge in [-0.1, -0.05) is 52.3 Å². The number of hydrogen-bond donors (Lipinski definition) is 3. The zero-order valence-corrected chi connectivity index (χ0v) is 19.5. The van der Waals surface area contributed by atoms with Gasteiger partial charge in [0.1, 0.15) is 0 Å². The van der Waals surface area contributed by atoms with E-state index in [1.165, 1.54) is 5.56 Å². The molecule has 9 heteroatoms. The monoisotopic (exact) mass is 505 g/mol. The van der Waals surface area contributed by atoms with E-state index in [4.69, 9.17) is 17.0 Å². The molecule has 2 amide bonds. The van der Waals surface area contributed by atoms with Crippen molar-refractivity contribution in [1.82, 2.24) is 16.2 Å². The molecule has 0 radical (unpaired) electrons. The number of rotatable bonds is 8. The molecule has 0 bridgehead atoms. The van der Waals surface area contributed by atoms with Crippen molar-refractivity contribution in [2.24, 2.45) is 0 Å². The summed E-state index contributed by atoms with van der Waals surface area (Å²) in [5, 5.41) is 2.33. The number of carbonyl (C=O) groups excluding carboxylic acids is 3. The molecule has 3 N–H and O–H groups in total. The molecule has 0 aliphatic carbocycles. The van der Waals surface area contributed by atoms with E-state index >= 15 is 0 Å². The average molecular weight is 506 g/mol. The van der Waals surface area contributed by atoms with Gasteiger partial charge in [0.15, 0.2) is 5.11 Å². The van der Waals surface area contributed by atoms with E-state index in [1.54, 1.807) is 18.2 Å². The molecule has 0 aliphatic rings. The van der Waals surface area contributed by atoms with Crippen LogP contribution in [0.2, 0.25) is 0 Å². The summed E-state index contributed by atoms with van der Waals surface area (Å²) in [4.78, 5) is 35.8. The normalized spacial score (nSPS) is 10.1. The molecule has 0 unspecified atom stereocenters. The van der Waals surface area contributed by atoms with Crippen molar-refractivity contribution in [3.05, 3.63) is 69.7 Å². The largest absolute Gasteiger partial charge is 0.466 e. The van der Waals surface area contributed by atoms with Gasteiger partial charge in [0.05, 0.1) is 13.0 Å². The van der Waals surface area contributed by atoms with Crippen molar-refractivity contribution in [2.75, 3.05) is 6.61 Å². The number of carbonyl (C=O) groups is 3. The molecule has 31 heavy (non-hydrogen) atoms. The van der Waals surface area contributed by atoms with Crippen LogP contribution in [-0.4, -0.2) is 29.5 Å². The van der Waals surface area contributed by atoms with E-state index in [1.807, 2.05) is 37.3 Å². The molecule has 0 fully saturated rings. The zero-order chi connectivity index (χ0) is 22.6. The van der Waals surface area contributed by atoms with Crippen LogP contribution in [0.15, 0.2) is 53.0 Å². The number of ether oxygens (including phenoxy) is 1. The lowest BCUT2D eigenvalue weighted by Gasteiger charge is -2.11. The molecule has 0 aromatic heterocycles. The molecule has 7 nitrogen and oxygen atoms in total. The second-order valence-corrected chi connectivity index (χ2v) is 7.99. The van der Waals surface area contributed by atoms with E-state index in [9.17, 15) is 14.4 Å². The van der Waals surface area contributed by atoms with Crippen LogP contribution >= 0.6 is 28.1 Å². The highest BCUT2D eigenvalue weighted by Gasteiger charge is 2.11. The minimum absolute atomic E-state index is 0.0520. The Bertz CT molecular complexity index is 938. The number of esters is 1. The standard InChI is InChI=1S/C22H24BrN3O4S/c1-15-9-10-17(14-18(15)23)21(29)25-26-22(31)24-19(27)11-12-20(28)30-13-5-8-16-6-3-2-4-7-16/h2-4,6-7,9-10,14H,5,8,11-13H2,1H3,(H,25,29)(H2,24,26,27,31). The zero-order valence-electron chi connectivity index (χ0n) is 17.1. The first-order valence-corrected chi connectivity index (χ1v) is 10.9. The minimum Gasteiger partial charge on any atom is -0.466 e. The van der Waals surface area contributed by atoms with Crippen molar-refractivity contribution in [3.8, 4) is 0 Å². The van der Waals surface area contributed by atoms with Crippen LogP contribution in [0.3, 0.4) is 0 Å². The minimum atomic E-state index is -0.453. The maximum Gasteiger partial charge on any atom is 0.306 e. The van der Waals surface area contributed by atoms with Crippen LogP contribution in [0.25, 0.3) is 0 Å². The molecule has 164 valence electrons. The summed E-state index contributed by atoms with van der Waals surface area (Å²) >= 11 is 8.34. The summed E-state index contributed by atoms with van der Waals surface area (Å²) in [6, 6.07) is 15.1. The lowest BCUT2D eigenvalue weighted by Crippen LogP contribution is -2.48. The Balaban J connectivity index is 1.59. The van der Waals surface area contributed by atoms with Gasteiger partial charge in [0.25, 0.3) is 5.91 Å². The van der Waals surface area contributed by atoms with Gasteiger partial charge in [-0.15, -0.1) is 0 Å². The Morgan fingerprint density at radius 1 is 1.03 bits per heavy atom. The molecule has 2 aromatic carbocycles. The van der Waals surface area contributed by atoms with E-state index < -0.39 is 17.8 Å². The molecular weight excluding hydrogens is 482 g/mol. The second-order valence-electron chi connectivity index (χ2n) is 6.73. The van der Waals surface area contributed by atoms with Crippen LogP contribution < -0.4 is 16.2 Å². The first-order valence-electron chi connectivity index (χ1n) is 9.71. The van der Waals surface area contributed by atoms with Crippen molar-refractivity contribution in [2.45, 2.75) is 32.6 Å². The van der Waals surface area contributed by atoms with E-state index in [0.29, 0.717) is 18.6 Å². The summed E-state index contributed by atoms with van der Waals surface area (Å²) in [5.74, 6) is -1.30. The first kappa shape index (κ1) is 24.5. The van der Waals surface area contributed by atoms with Gasteiger partial charge in [-0.25, -0.2) is 0 Å². The lowest BCUT2D eigenvalue weighted by molar-refractivity contribution is -0.145. The van der Waals surface area contributed by atoms with Crippen molar-refractivity contribution >= 4 is 51.0 Å². The number of hydrazine groups is 1. The summed E-state index contributed by atoms with van der Waals surface area (Å²) in [6.45, 7) is 2.21.